The summed E-state index contributed by atoms with van der Waals surface area (Å²) in [5.74, 6) is -0.255. The molecule has 1 heterocycles. The molecule has 2 N–H and O–H groups in total. The van der Waals surface area contributed by atoms with Gasteiger partial charge >= 0.3 is 0 Å². The number of halogens is 3. The number of carbonyl (C=O) groups is 1. The largest absolute Gasteiger partial charge is 0.341 e. The fraction of sp³-hybridized carbons (Fsp3) is 0.462. The molecule has 1 atom stereocenters. The maximum atomic E-state index is 13.1. The van der Waals surface area contributed by atoms with Gasteiger partial charge in [0.25, 0.3) is 0 Å². The number of benzene rings is 1. The monoisotopic (exact) mass is 350 g/mol. The number of likely N-dealkylation sites (tertiary alicyclic amines) is 1. The Bertz CT molecular complexity index is 458. The molecular formula is C13H17BrClFN2O. The Balaban J connectivity index is 0.00000180. The Hall–Kier alpha value is -0.650. The van der Waals surface area contributed by atoms with Gasteiger partial charge < -0.3 is 10.6 Å². The van der Waals surface area contributed by atoms with Crippen LogP contribution in [0, 0.1) is 5.82 Å². The molecule has 0 bridgehead atoms. The van der Waals surface area contributed by atoms with Crippen molar-refractivity contribution in [3.05, 3.63) is 34.1 Å². The predicted molar refractivity (Wildman–Crippen MR) is 78.8 cm³/mol. The van der Waals surface area contributed by atoms with Gasteiger partial charge in [-0.1, -0.05) is 6.07 Å². The predicted octanol–water partition coefficient (Wildman–Crippen LogP) is 2.50. The maximum absolute atomic E-state index is 13.1. The van der Waals surface area contributed by atoms with Crippen molar-refractivity contribution in [3.63, 3.8) is 0 Å². The van der Waals surface area contributed by atoms with Crippen LogP contribution in [0.25, 0.3) is 0 Å². The van der Waals surface area contributed by atoms with Gasteiger partial charge in [0.15, 0.2) is 0 Å². The topological polar surface area (TPSA) is 46.3 Å². The third-order valence-electron chi connectivity index (χ3n) is 3.15. The van der Waals surface area contributed by atoms with Crippen LogP contribution in [0.4, 0.5) is 4.39 Å². The van der Waals surface area contributed by atoms with Gasteiger partial charge in [-0.25, -0.2) is 4.39 Å². The van der Waals surface area contributed by atoms with Crippen LogP contribution >= 0.6 is 28.3 Å². The highest BCUT2D eigenvalue weighted by atomic mass is 79.9. The Labute approximate surface area is 126 Å². The normalized spacial score (nSPS) is 18.9. The summed E-state index contributed by atoms with van der Waals surface area (Å²) in [6.07, 6.45) is 2.23. The lowest BCUT2D eigenvalue weighted by atomic mass is 10.1. The summed E-state index contributed by atoms with van der Waals surface area (Å²) in [5, 5.41) is 0. The number of nitrogens with two attached hydrogens (primary N) is 1. The number of hydrogen-bond acceptors (Lipinski definition) is 2. The van der Waals surface area contributed by atoms with Crippen LogP contribution in [0.15, 0.2) is 22.7 Å². The van der Waals surface area contributed by atoms with E-state index in [-0.39, 0.29) is 30.2 Å². The molecule has 0 aromatic heterocycles. The van der Waals surface area contributed by atoms with Crippen molar-refractivity contribution >= 4 is 34.2 Å². The van der Waals surface area contributed by atoms with Crippen LogP contribution in [-0.4, -0.2) is 29.9 Å². The smallest absolute Gasteiger partial charge is 0.227 e. The molecule has 106 valence electrons. The van der Waals surface area contributed by atoms with Gasteiger partial charge in [0, 0.05) is 19.1 Å². The number of hydrogen-bond donors (Lipinski definition) is 1. The first kappa shape index (κ1) is 16.4. The zero-order valence-electron chi connectivity index (χ0n) is 10.4. The number of rotatable bonds is 2. The summed E-state index contributed by atoms with van der Waals surface area (Å²) in [4.78, 5) is 13.9. The van der Waals surface area contributed by atoms with Gasteiger partial charge in [0.1, 0.15) is 5.82 Å². The lowest BCUT2D eigenvalue weighted by Crippen LogP contribution is -2.46. The molecule has 1 aliphatic rings. The highest BCUT2D eigenvalue weighted by Gasteiger charge is 2.21. The lowest BCUT2D eigenvalue weighted by molar-refractivity contribution is -0.131. The molecule has 0 saturated carbocycles. The Morgan fingerprint density at radius 1 is 1.53 bits per heavy atom. The number of carbonyl (C=O) groups excluding carboxylic acids is 1. The third kappa shape index (κ3) is 4.44. The summed E-state index contributed by atoms with van der Waals surface area (Å²) >= 11 is 3.12. The summed E-state index contributed by atoms with van der Waals surface area (Å²) in [5.41, 5.74) is 6.66. The molecule has 2 rings (SSSR count). The van der Waals surface area contributed by atoms with E-state index in [2.05, 4.69) is 15.9 Å². The van der Waals surface area contributed by atoms with E-state index < -0.39 is 0 Å². The molecule has 0 unspecified atom stereocenters. The van der Waals surface area contributed by atoms with Gasteiger partial charge in [-0.2, -0.15) is 0 Å². The van der Waals surface area contributed by atoms with E-state index in [1.54, 1.807) is 17.0 Å². The van der Waals surface area contributed by atoms with Crippen molar-refractivity contribution in [2.75, 3.05) is 13.1 Å². The fourth-order valence-corrected chi connectivity index (χ4v) is 2.60. The summed E-state index contributed by atoms with van der Waals surface area (Å²) < 4.78 is 13.5. The summed E-state index contributed by atoms with van der Waals surface area (Å²) in [6, 6.07) is 4.75. The van der Waals surface area contributed by atoms with E-state index in [9.17, 15) is 9.18 Å². The van der Waals surface area contributed by atoms with Crippen molar-refractivity contribution < 1.29 is 9.18 Å². The number of amides is 1. The van der Waals surface area contributed by atoms with Gasteiger partial charge in [-0.3, -0.25) is 4.79 Å². The van der Waals surface area contributed by atoms with Gasteiger partial charge in [0.05, 0.1) is 10.9 Å². The second kappa shape index (κ2) is 7.22. The van der Waals surface area contributed by atoms with E-state index in [0.717, 1.165) is 24.9 Å². The van der Waals surface area contributed by atoms with Crippen LogP contribution in [0.1, 0.15) is 18.4 Å². The van der Waals surface area contributed by atoms with Gasteiger partial charge in [-0.15, -0.1) is 12.4 Å². The van der Waals surface area contributed by atoms with Crippen molar-refractivity contribution in [3.8, 4) is 0 Å². The third-order valence-corrected chi connectivity index (χ3v) is 3.76. The first-order valence-corrected chi connectivity index (χ1v) is 6.83. The molecule has 1 amide bonds. The molecule has 3 nitrogen and oxygen atoms in total. The molecule has 0 aliphatic carbocycles. The molecule has 19 heavy (non-hydrogen) atoms. The van der Waals surface area contributed by atoms with E-state index in [1.807, 2.05) is 0 Å². The lowest BCUT2D eigenvalue weighted by Gasteiger charge is -2.30. The average molecular weight is 352 g/mol. The SMILES string of the molecule is Cl.N[C@@H]1CCCN(C(=O)Cc2ccc(F)c(Br)c2)C1. The average Bonchev–Trinajstić information content (AvgIpc) is 2.34. The zero-order valence-corrected chi connectivity index (χ0v) is 12.8. The first-order chi connectivity index (χ1) is 8.56. The molecule has 1 saturated heterocycles. The Morgan fingerprint density at radius 3 is 2.89 bits per heavy atom. The molecule has 6 heteroatoms. The number of nitrogens with zero attached hydrogens (tertiary/aromatic N) is 1. The van der Waals surface area contributed by atoms with Crippen molar-refractivity contribution in [2.45, 2.75) is 25.3 Å². The fourth-order valence-electron chi connectivity index (χ4n) is 2.17. The molecule has 0 spiro atoms. The van der Waals surface area contributed by atoms with Gasteiger partial charge in [0.2, 0.25) is 5.91 Å². The van der Waals surface area contributed by atoms with E-state index >= 15 is 0 Å². The molecule has 0 radical (unpaired) electrons. The minimum Gasteiger partial charge on any atom is -0.341 e. The van der Waals surface area contributed by atoms with Crippen LogP contribution in [0.2, 0.25) is 0 Å². The van der Waals surface area contributed by atoms with Crippen LogP contribution in [0.5, 0.6) is 0 Å². The van der Waals surface area contributed by atoms with Crippen LogP contribution in [0.3, 0.4) is 0 Å². The second-order valence-electron chi connectivity index (χ2n) is 4.67. The maximum Gasteiger partial charge on any atom is 0.227 e. The van der Waals surface area contributed by atoms with Gasteiger partial charge in [-0.05, 0) is 46.5 Å². The molecule has 1 aliphatic heterocycles. The van der Waals surface area contributed by atoms with Crippen molar-refractivity contribution in [1.82, 2.24) is 4.90 Å². The highest BCUT2D eigenvalue weighted by Crippen LogP contribution is 2.18. The number of piperidine rings is 1. The summed E-state index contributed by atoms with van der Waals surface area (Å²) in [7, 11) is 0. The molecular weight excluding hydrogens is 335 g/mol. The standard InChI is InChI=1S/C13H16BrFN2O.ClH/c14-11-6-9(3-4-12(11)15)7-13(18)17-5-1-2-10(16)8-17;/h3-4,6,10H,1-2,5,7-8,16H2;1H/t10-;/m1./s1. The molecule has 1 aromatic carbocycles. The highest BCUT2D eigenvalue weighted by molar-refractivity contribution is 9.10. The van der Waals surface area contributed by atoms with Crippen LogP contribution in [-0.2, 0) is 11.2 Å². The summed E-state index contributed by atoms with van der Waals surface area (Å²) in [6.45, 7) is 1.40. The van der Waals surface area contributed by atoms with Crippen LogP contribution < -0.4 is 5.73 Å². The Kier molecular flexibility index (Phi) is 6.23. The van der Waals surface area contributed by atoms with E-state index in [1.165, 1.54) is 6.07 Å². The van der Waals surface area contributed by atoms with E-state index in [0.29, 0.717) is 17.4 Å². The Morgan fingerprint density at radius 2 is 2.26 bits per heavy atom. The first-order valence-electron chi connectivity index (χ1n) is 6.03. The van der Waals surface area contributed by atoms with Crippen molar-refractivity contribution in [1.29, 1.82) is 0 Å². The second-order valence-corrected chi connectivity index (χ2v) is 5.52. The molecule has 1 aromatic rings. The minimum absolute atomic E-state index is 0. The van der Waals surface area contributed by atoms with Crippen molar-refractivity contribution in [2.24, 2.45) is 5.73 Å². The minimum atomic E-state index is -0.314. The quantitative estimate of drug-likeness (QED) is 0.890. The molecule has 1 fully saturated rings. The zero-order chi connectivity index (χ0) is 13.1. The van der Waals surface area contributed by atoms with E-state index in [4.69, 9.17) is 5.73 Å².